The molecule has 72 valence electrons. The largest absolute Gasteiger partial charge is 0.448 e. The summed E-state index contributed by atoms with van der Waals surface area (Å²) < 4.78 is 4.52. The van der Waals surface area contributed by atoms with Crippen molar-refractivity contribution in [3.8, 4) is 0 Å². The van der Waals surface area contributed by atoms with Crippen LogP contribution in [0, 0.1) is 0 Å². The topological polar surface area (TPSA) is 64.3 Å². The summed E-state index contributed by atoms with van der Waals surface area (Å²) in [5.41, 5.74) is 4.76. The van der Waals surface area contributed by atoms with Crippen molar-refractivity contribution in [2.24, 2.45) is 5.73 Å². The van der Waals surface area contributed by atoms with Gasteiger partial charge in [-0.1, -0.05) is 0 Å². The van der Waals surface area contributed by atoms with Crippen LogP contribution in [0.15, 0.2) is 0 Å². The maximum Gasteiger partial charge on any atom is 0.404 e. The molecule has 5 heteroatoms. The Kier molecular flexibility index (Phi) is 8.37. The van der Waals surface area contributed by atoms with Crippen LogP contribution in [0.2, 0.25) is 0 Å². The van der Waals surface area contributed by atoms with E-state index in [2.05, 4.69) is 16.3 Å². The fourth-order valence-corrected chi connectivity index (χ4v) is 1.12. The van der Waals surface area contributed by atoms with Gasteiger partial charge in [-0.15, -0.1) is 0 Å². The second-order valence-electron chi connectivity index (χ2n) is 2.26. The summed E-state index contributed by atoms with van der Waals surface area (Å²) in [7, 11) is 0. The van der Waals surface area contributed by atoms with Crippen molar-refractivity contribution in [2.75, 3.05) is 31.7 Å². The summed E-state index contributed by atoms with van der Waals surface area (Å²) >= 11 is 1.82. The lowest BCUT2D eigenvalue weighted by Crippen LogP contribution is -2.24. The lowest BCUT2D eigenvalue weighted by molar-refractivity contribution is 0.157. The first-order valence-electron chi connectivity index (χ1n) is 3.89. The van der Waals surface area contributed by atoms with Crippen LogP contribution in [0.3, 0.4) is 0 Å². The van der Waals surface area contributed by atoms with Crippen LogP contribution in [0.4, 0.5) is 4.79 Å². The number of amides is 1. The number of carbonyl (C=O) groups is 1. The number of primary amides is 1. The first kappa shape index (κ1) is 11.6. The third kappa shape index (κ3) is 9.58. The Labute approximate surface area is 77.2 Å². The van der Waals surface area contributed by atoms with Gasteiger partial charge in [0.1, 0.15) is 6.61 Å². The van der Waals surface area contributed by atoms with Gasteiger partial charge in [-0.05, 0) is 25.0 Å². The Bertz CT molecular complexity index is 122. The molecule has 0 aromatic rings. The van der Waals surface area contributed by atoms with E-state index in [1.807, 2.05) is 11.8 Å². The average molecular weight is 192 g/mol. The first-order valence-corrected chi connectivity index (χ1v) is 5.28. The van der Waals surface area contributed by atoms with Crippen molar-refractivity contribution >= 4 is 17.9 Å². The molecule has 0 bridgehead atoms. The van der Waals surface area contributed by atoms with E-state index in [0.29, 0.717) is 13.2 Å². The summed E-state index contributed by atoms with van der Waals surface area (Å²) in [6, 6.07) is 0. The number of carbonyl (C=O) groups excluding carboxylic acids is 1. The predicted octanol–water partition coefficient (Wildman–Crippen LogP) is 0.424. The maximum absolute atomic E-state index is 10.1. The molecule has 4 nitrogen and oxygen atoms in total. The second-order valence-corrected chi connectivity index (χ2v) is 3.25. The Morgan fingerprint density at radius 2 is 2.33 bits per heavy atom. The smallest absolute Gasteiger partial charge is 0.404 e. The molecule has 0 saturated carbocycles. The van der Waals surface area contributed by atoms with Gasteiger partial charge in [0.15, 0.2) is 0 Å². The predicted molar refractivity (Wildman–Crippen MR) is 51.4 cm³/mol. The molecule has 12 heavy (non-hydrogen) atoms. The molecule has 0 aliphatic carbocycles. The molecule has 0 atom stereocenters. The molecule has 0 aliphatic rings. The van der Waals surface area contributed by atoms with E-state index in [0.717, 1.165) is 18.7 Å². The van der Waals surface area contributed by atoms with Gasteiger partial charge >= 0.3 is 6.09 Å². The standard InChI is InChI=1S/C7H16N2O2S/c1-12-6-2-3-9-4-5-11-7(8)10/h9H,2-6H2,1H3,(H2,8,10). The Hall–Kier alpha value is -0.420. The van der Waals surface area contributed by atoms with E-state index in [9.17, 15) is 4.79 Å². The van der Waals surface area contributed by atoms with Crippen LogP contribution >= 0.6 is 11.8 Å². The minimum absolute atomic E-state index is 0.356. The fraction of sp³-hybridized carbons (Fsp3) is 0.857. The average Bonchev–Trinajstić information content (AvgIpc) is 2.02. The number of ether oxygens (including phenoxy) is 1. The zero-order chi connectivity index (χ0) is 9.23. The molecule has 0 rings (SSSR count). The normalized spacial score (nSPS) is 9.75. The van der Waals surface area contributed by atoms with E-state index in [-0.39, 0.29) is 0 Å². The summed E-state index contributed by atoms with van der Waals surface area (Å²) in [4.78, 5) is 10.1. The van der Waals surface area contributed by atoms with Crippen molar-refractivity contribution in [2.45, 2.75) is 6.42 Å². The first-order chi connectivity index (χ1) is 5.77. The van der Waals surface area contributed by atoms with Crippen molar-refractivity contribution in [1.29, 1.82) is 0 Å². The quantitative estimate of drug-likeness (QED) is 0.574. The highest BCUT2D eigenvalue weighted by molar-refractivity contribution is 7.98. The number of hydrogen-bond acceptors (Lipinski definition) is 4. The molecule has 0 aromatic carbocycles. The van der Waals surface area contributed by atoms with E-state index in [4.69, 9.17) is 5.73 Å². The molecule has 0 unspecified atom stereocenters. The minimum atomic E-state index is -0.707. The summed E-state index contributed by atoms with van der Waals surface area (Å²) in [5, 5.41) is 3.13. The number of thioether (sulfide) groups is 1. The van der Waals surface area contributed by atoms with E-state index >= 15 is 0 Å². The van der Waals surface area contributed by atoms with Gasteiger partial charge in [-0.3, -0.25) is 0 Å². The highest BCUT2D eigenvalue weighted by atomic mass is 32.2. The van der Waals surface area contributed by atoms with Gasteiger partial charge in [-0.2, -0.15) is 11.8 Å². The lowest BCUT2D eigenvalue weighted by atomic mass is 10.5. The monoisotopic (exact) mass is 192 g/mol. The van der Waals surface area contributed by atoms with Crippen LogP contribution in [0.25, 0.3) is 0 Å². The molecule has 1 amide bonds. The molecule has 0 saturated heterocycles. The number of nitrogens with two attached hydrogens (primary N) is 1. The highest BCUT2D eigenvalue weighted by Gasteiger charge is 1.91. The van der Waals surface area contributed by atoms with Crippen LogP contribution in [-0.2, 0) is 4.74 Å². The molecule has 0 aromatic heterocycles. The van der Waals surface area contributed by atoms with Gasteiger partial charge < -0.3 is 15.8 Å². The highest BCUT2D eigenvalue weighted by Crippen LogP contribution is 1.92. The van der Waals surface area contributed by atoms with Crippen molar-refractivity contribution in [1.82, 2.24) is 5.32 Å². The van der Waals surface area contributed by atoms with Crippen molar-refractivity contribution in [3.63, 3.8) is 0 Å². The zero-order valence-electron chi connectivity index (χ0n) is 7.34. The third-order valence-electron chi connectivity index (χ3n) is 1.23. The van der Waals surface area contributed by atoms with Gasteiger partial charge in [0, 0.05) is 6.54 Å². The summed E-state index contributed by atoms with van der Waals surface area (Å²) in [5.74, 6) is 1.16. The Morgan fingerprint density at radius 3 is 2.92 bits per heavy atom. The molecule has 3 N–H and O–H groups in total. The van der Waals surface area contributed by atoms with Crippen LogP contribution in [-0.4, -0.2) is 37.8 Å². The molecule has 0 aliphatic heterocycles. The SMILES string of the molecule is CSCCCNCCOC(N)=O. The number of hydrogen-bond donors (Lipinski definition) is 2. The van der Waals surface area contributed by atoms with E-state index in [1.54, 1.807) is 0 Å². The van der Waals surface area contributed by atoms with Crippen molar-refractivity contribution < 1.29 is 9.53 Å². The molecule has 0 fully saturated rings. The molecular formula is C7H16N2O2S. The fourth-order valence-electron chi connectivity index (χ4n) is 0.690. The van der Waals surface area contributed by atoms with Gasteiger partial charge in [-0.25, -0.2) is 4.79 Å². The van der Waals surface area contributed by atoms with Crippen LogP contribution in [0.1, 0.15) is 6.42 Å². The Morgan fingerprint density at radius 1 is 1.58 bits per heavy atom. The summed E-state index contributed by atoms with van der Waals surface area (Å²) in [6.07, 6.45) is 2.51. The van der Waals surface area contributed by atoms with Crippen LogP contribution < -0.4 is 11.1 Å². The Balaban J connectivity index is 2.86. The van der Waals surface area contributed by atoms with Gasteiger partial charge in [0.05, 0.1) is 0 Å². The molecule has 0 heterocycles. The maximum atomic E-state index is 10.1. The zero-order valence-corrected chi connectivity index (χ0v) is 8.15. The summed E-state index contributed by atoms with van der Waals surface area (Å²) in [6.45, 7) is 1.99. The van der Waals surface area contributed by atoms with Gasteiger partial charge in [0.2, 0.25) is 0 Å². The van der Waals surface area contributed by atoms with E-state index < -0.39 is 6.09 Å². The van der Waals surface area contributed by atoms with Crippen LogP contribution in [0.5, 0.6) is 0 Å². The third-order valence-corrected chi connectivity index (χ3v) is 1.92. The lowest BCUT2D eigenvalue weighted by Gasteiger charge is -2.03. The molecular weight excluding hydrogens is 176 g/mol. The number of nitrogens with one attached hydrogen (secondary N) is 1. The molecule has 0 spiro atoms. The number of rotatable bonds is 7. The second kappa shape index (κ2) is 8.67. The van der Waals surface area contributed by atoms with Crippen molar-refractivity contribution in [3.05, 3.63) is 0 Å². The van der Waals surface area contributed by atoms with E-state index in [1.165, 1.54) is 0 Å². The van der Waals surface area contributed by atoms with Gasteiger partial charge in [0.25, 0.3) is 0 Å². The molecule has 0 radical (unpaired) electrons. The minimum Gasteiger partial charge on any atom is -0.448 e.